The molecular formula is C21H21NO5. The molecule has 3 rings (SSSR count). The maximum Gasteiger partial charge on any atom is 0.405 e. The smallest absolute Gasteiger partial charge is 0.405 e. The summed E-state index contributed by atoms with van der Waals surface area (Å²) in [6.45, 7) is 0.984. The normalized spacial score (nSPS) is 17.8. The third-order valence-corrected chi connectivity index (χ3v) is 4.49. The van der Waals surface area contributed by atoms with Crippen molar-refractivity contribution in [1.82, 2.24) is 5.32 Å². The molecule has 0 aliphatic heterocycles. The molecule has 140 valence electrons. The van der Waals surface area contributed by atoms with Gasteiger partial charge in [-0.1, -0.05) is 42.5 Å². The van der Waals surface area contributed by atoms with E-state index in [1.54, 1.807) is 25.3 Å². The summed E-state index contributed by atoms with van der Waals surface area (Å²) in [4.78, 5) is 22.8. The van der Waals surface area contributed by atoms with Crippen LogP contribution in [0.3, 0.4) is 0 Å². The van der Waals surface area contributed by atoms with Crippen LogP contribution in [0.25, 0.3) is 11.1 Å². The average Bonchev–Trinajstić information content (AvgIpc) is 2.68. The van der Waals surface area contributed by atoms with Gasteiger partial charge in [0, 0.05) is 7.11 Å². The zero-order valence-electron chi connectivity index (χ0n) is 15.0. The molecule has 0 spiro atoms. The van der Waals surface area contributed by atoms with Gasteiger partial charge < -0.3 is 19.9 Å². The predicted molar refractivity (Wildman–Crippen MR) is 101 cm³/mol. The van der Waals surface area contributed by atoms with Gasteiger partial charge in [-0.2, -0.15) is 0 Å². The van der Waals surface area contributed by atoms with Crippen molar-refractivity contribution in [2.45, 2.75) is 12.0 Å². The fourth-order valence-corrected chi connectivity index (χ4v) is 3.23. The van der Waals surface area contributed by atoms with E-state index in [1.807, 2.05) is 36.4 Å². The molecule has 0 bridgehead atoms. The highest BCUT2D eigenvalue weighted by atomic mass is 16.5. The van der Waals surface area contributed by atoms with Crippen LogP contribution in [0, 0.1) is 0 Å². The van der Waals surface area contributed by atoms with Crippen molar-refractivity contribution >= 4 is 12.4 Å². The fraction of sp³-hybridized carbons (Fsp3) is 0.238. The Labute approximate surface area is 157 Å². The Balaban J connectivity index is 1.92. The number of rotatable bonds is 7. The van der Waals surface area contributed by atoms with Gasteiger partial charge in [-0.25, -0.2) is 4.79 Å². The third kappa shape index (κ3) is 4.01. The summed E-state index contributed by atoms with van der Waals surface area (Å²) in [5.74, 6) is 0.747. The van der Waals surface area contributed by atoms with E-state index in [-0.39, 0.29) is 0 Å². The molecule has 0 saturated heterocycles. The number of hydrogen-bond acceptors (Lipinski definition) is 4. The van der Waals surface area contributed by atoms with Crippen LogP contribution in [-0.2, 0) is 21.5 Å². The lowest BCUT2D eigenvalue weighted by atomic mass is 9.81. The van der Waals surface area contributed by atoms with Gasteiger partial charge in [-0.15, -0.1) is 0 Å². The molecule has 1 aliphatic rings. The molecule has 2 N–H and O–H groups in total. The summed E-state index contributed by atoms with van der Waals surface area (Å²) in [7, 11) is 1.62. The van der Waals surface area contributed by atoms with E-state index in [9.17, 15) is 9.59 Å². The van der Waals surface area contributed by atoms with Crippen molar-refractivity contribution in [3.8, 4) is 16.9 Å². The van der Waals surface area contributed by atoms with Crippen LogP contribution in [0.1, 0.15) is 11.1 Å². The molecule has 0 fully saturated rings. The van der Waals surface area contributed by atoms with Crippen molar-refractivity contribution in [3.63, 3.8) is 0 Å². The van der Waals surface area contributed by atoms with Crippen molar-refractivity contribution in [2.24, 2.45) is 0 Å². The first-order chi connectivity index (χ1) is 13.1. The first-order valence-corrected chi connectivity index (χ1v) is 8.59. The van der Waals surface area contributed by atoms with Crippen LogP contribution >= 0.6 is 0 Å². The van der Waals surface area contributed by atoms with Gasteiger partial charge in [0.1, 0.15) is 17.9 Å². The molecular weight excluding hydrogens is 346 g/mol. The molecule has 0 heterocycles. The summed E-state index contributed by atoms with van der Waals surface area (Å²) in [6, 6.07) is 13.4. The lowest BCUT2D eigenvalue weighted by Crippen LogP contribution is -2.46. The molecule has 2 aromatic rings. The van der Waals surface area contributed by atoms with Crippen molar-refractivity contribution in [2.75, 3.05) is 20.3 Å². The summed E-state index contributed by atoms with van der Waals surface area (Å²) < 4.78 is 10.6. The molecule has 0 radical (unpaired) electrons. The summed E-state index contributed by atoms with van der Waals surface area (Å²) >= 11 is 0. The summed E-state index contributed by atoms with van der Waals surface area (Å²) in [5.41, 5.74) is 2.16. The van der Waals surface area contributed by atoms with Crippen LogP contribution < -0.4 is 10.1 Å². The minimum absolute atomic E-state index is 0.470. The Kier molecular flexibility index (Phi) is 5.57. The van der Waals surface area contributed by atoms with E-state index in [2.05, 4.69) is 5.32 Å². The van der Waals surface area contributed by atoms with Gasteiger partial charge in [-0.05, 0) is 40.8 Å². The molecule has 1 atom stereocenters. The first kappa shape index (κ1) is 18.7. The van der Waals surface area contributed by atoms with E-state index >= 15 is 0 Å². The second kappa shape index (κ2) is 8.05. The third-order valence-electron chi connectivity index (χ3n) is 4.49. The number of methoxy groups -OCH3 is 1. The minimum Gasteiger partial charge on any atom is -0.491 e. The monoisotopic (exact) mass is 367 g/mol. The van der Waals surface area contributed by atoms with Crippen molar-refractivity contribution in [1.29, 1.82) is 0 Å². The van der Waals surface area contributed by atoms with E-state index in [4.69, 9.17) is 14.6 Å². The highest BCUT2D eigenvalue weighted by molar-refractivity contribution is 5.81. The molecule has 1 amide bonds. The molecule has 0 aromatic heterocycles. The lowest BCUT2D eigenvalue weighted by Gasteiger charge is -2.30. The number of amides is 1. The number of benzene rings is 2. The van der Waals surface area contributed by atoms with Gasteiger partial charge in [-0.3, -0.25) is 4.79 Å². The van der Waals surface area contributed by atoms with Crippen LogP contribution in [0.15, 0.2) is 54.6 Å². The van der Waals surface area contributed by atoms with Gasteiger partial charge in [0.05, 0.1) is 6.61 Å². The second-order valence-electron chi connectivity index (χ2n) is 6.26. The number of aldehydes is 1. The second-order valence-corrected chi connectivity index (χ2v) is 6.26. The molecule has 6 nitrogen and oxygen atoms in total. The van der Waals surface area contributed by atoms with Crippen LogP contribution in [0.5, 0.6) is 5.75 Å². The Morgan fingerprint density at radius 1 is 1.22 bits per heavy atom. The van der Waals surface area contributed by atoms with Gasteiger partial charge in [0.2, 0.25) is 0 Å². The number of hydrogen-bond donors (Lipinski definition) is 2. The molecule has 0 saturated carbocycles. The maximum atomic E-state index is 11.7. The van der Waals surface area contributed by atoms with Crippen LogP contribution in [-0.4, -0.2) is 37.8 Å². The summed E-state index contributed by atoms with van der Waals surface area (Å²) in [6.07, 6.45) is 3.41. The quantitative estimate of drug-likeness (QED) is 0.446. The van der Waals surface area contributed by atoms with Gasteiger partial charge >= 0.3 is 6.09 Å². The van der Waals surface area contributed by atoms with Crippen LogP contribution in [0.4, 0.5) is 4.79 Å². The van der Waals surface area contributed by atoms with E-state index < -0.39 is 11.6 Å². The van der Waals surface area contributed by atoms with Gasteiger partial charge in [0.25, 0.3) is 0 Å². The zero-order valence-corrected chi connectivity index (χ0v) is 15.0. The standard InChI is InChI=1S/C21H21NO5/c1-26-10-11-27-18-6-2-4-15(13-18)16-7-8-19-17(12-16)5-3-9-21(19,14-23)22-20(24)25/h2-4,6-9,12-14,22H,5,10-11H2,1H3,(H,24,25)/t21-/m1/s1. The number of allylic oxidation sites excluding steroid dienone is 1. The van der Waals surface area contributed by atoms with Crippen LogP contribution in [0.2, 0.25) is 0 Å². The Morgan fingerprint density at radius 2 is 2.04 bits per heavy atom. The average molecular weight is 367 g/mol. The lowest BCUT2D eigenvalue weighted by molar-refractivity contribution is -0.112. The van der Waals surface area contributed by atoms with Crippen molar-refractivity contribution < 1.29 is 24.2 Å². The first-order valence-electron chi connectivity index (χ1n) is 8.59. The molecule has 27 heavy (non-hydrogen) atoms. The largest absolute Gasteiger partial charge is 0.491 e. The number of nitrogens with one attached hydrogen (secondary N) is 1. The Morgan fingerprint density at radius 3 is 2.78 bits per heavy atom. The minimum atomic E-state index is -1.34. The zero-order chi connectivity index (χ0) is 19.3. The maximum absolute atomic E-state index is 11.7. The molecule has 0 unspecified atom stereocenters. The SMILES string of the molecule is COCCOc1cccc(-c2ccc3c(c2)CC=C[C@]3(C=O)NC(=O)O)c1. The topological polar surface area (TPSA) is 84.9 Å². The van der Waals surface area contributed by atoms with E-state index in [0.29, 0.717) is 31.5 Å². The highest BCUT2D eigenvalue weighted by Gasteiger charge is 2.35. The Bertz CT molecular complexity index is 877. The Hall–Kier alpha value is -3.12. The number of carboxylic acid groups (broad SMARTS) is 1. The molecule has 6 heteroatoms. The molecule has 1 aliphatic carbocycles. The van der Waals surface area contributed by atoms with Crippen molar-refractivity contribution in [3.05, 3.63) is 65.7 Å². The number of ether oxygens (including phenoxy) is 2. The number of fused-ring (bicyclic) bond motifs is 1. The van der Waals surface area contributed by atoms with E-state index in [0.717, 1.165) is 22.4 Å². The highest BCUT2D eigenvalue weighted by Crippen LogP contribution is 2.33. The summed E-state index contributed by atoms with van der Waals surface area (Å²) in [5, 5.41) is 11.4. The number of carbonyl (C=O) groups is 2. The predicted octanol–water partition coefficient (Wildman–Crippen LogP) is 3.15. The number of carbonyl (C=O) groups excluding carboxylic acids is 1. The molecule has 2 aromatic carbocycles. The fourth-order valence-electron chi connectivity index (χ4n) is 3.23. The van der Waals surface area contributed by atoms with E-state index in [1.165, 1.54) is 0 Å². The van der Waals surface area contributed by atoms with Gasteiger partial charge in [0.15, 0.2) is 6.29 Å².